The van der Waals surface area contributed by atoms with E-state index in [1.807, 2.05) is 44.2 Å². The average molecular weight is 478 g/mol. The number of allylic oxidation sites excluding steroid dienone is 5. The van der Waals surface area contributed by atoms with Crippen molar-refractivity contribution in [3.63, 3.8) is 0 Å². The minimum Gasteiger partial charge on any atom is -0.348 e. The van der Waals surface area contributed by atoms with Crippen LogP contribution in [0.15, 0.2) is 61.0 Å². The molecule has 2 aromatic rings. The van der Waals surface area contributed by atoms with E-state index in [0.717, 1.165) is 24.6 Å². The summed E-state index contributed by atoms with van der Waals surface area (Å²) in [6.07, 6.45) is 14.7. The van der Waals surface area contributed by atoms with Crippen LogP contribution in [0.2, 0.25) is 0 Å². The van der Waals surface area contributed by atoms with Gasteiger partial charge < -0.3 is 16.0 Å². The average Bonchev–Trinajstić information content (AvgIpc) is 3.42. The van der Waals surface area contributed by atoms with Crippen LogP contribution in [0, 0.1) is 0 Å². The van der Waals surface area contributed by atoms with E-state index in [4.69, 9.17) is 0 Å². The maximum absolute atomic E-state index is 13.3. The first-order valence-corrected chi connectivity index (χ1v) is 12.0. The fourth-order valence-electron chi connectivity index (χ4n) is 4.35. The van der Waals surface area contributed by atoms with Gasteiger partial charge in [0.25, 0.3) is 5.91 Å². The van der Waals surface area contributed by atoms with Crippen molar-refractivity contribution in [3.05, 3.63) is 65.9 Å². The van der Waals surface area contributed by atoms with Gasteiger partial charge in [-0.25, -0.2) is 9.78 Å². The predicted molar refractivity (Wildman–Crippen MR) is 136 cm³/mol. The number of aromatic nitrogens is 1. The zero-order valence-corrected chi connectivity index (χ0v) is 19.9. The zero-order valence-electron chi connectivity index (χ0n) is 19.1. The van der Waals surface area contributed by atoms with E-state index in [1.165, 1.54) is 17.4 Å². The van der Waals surface area contributed by atoms with Crippen LogP contribution < -0.4 is 20.9 Å². The Kier molecular flexibility index (Phi) is 6.93. The molecule has 9 heteroatoms. The molecule has 0 aromatic carbocycles. The van der Waals surface area contributed by atoms with Crippen LogP contribution in [-0.4, -0.2) is 34.9 Å². The van der Waals surface area contributed by atoms with Gasteiger partial charge in [0, 0.05) is 18.3 Å². The maximum atomic E-state index is 13.3. The summed E-state index contributed by atoms with van der Waals surface area (Å²) < 4.78 is 0. The summed E-state index contributed by atoms with van der Waals surface area (Å²) in [4.78, 5) is 45.4. The van der Waals surface area contributed by atoms with Crippen molar-refractivity contribution in [1.82, 2.24) is 15.6 Å². The highest BCUT2D eigenvalue weighted by Gasteiger charge is 2.35. The Morgan fingerprint density at radius 1 is 1.24 bits per heavy atom. The van der Waals surface area contributed by atoms with Crippen molar-refractivity contribution in [2.75, 3.05) is 10.2 Å². The number of thiophene rings is 1. The van der Waals surface area contributed by atoms with Gasteiger partial charge in [0.1, 0.15) is 9.71 Å². The molecular weight excluding hydrogens is 450 g/mol. The third-order valence-electron chi connectivity index (χ3n) is 5.85. The van der Waals surface area contributed by atoms with Gasteiger partial charge in [0.05, 0.1) is 22.5 Å². The topological polar surface area (TPSA) is 103 Å². The molecule has 0 spiro atoms. The molecule has 1 fully saturated rings. The summed E-state index contributed by atoms with van der Waals surface area (Å²) in [7, 11) is 0. The van der Waals surface area contributed by atoms with Gasteiger partial charge in [0.15, 0.2) is 0 Å². The maximum Gasteiger partial charge on any atom is 0.331 e. The van der Waals surface area contributed by atoms with Crippen LogP contribution in [0.5, 0.6) is 0 Å². The SMILES string of the molecule is C=CC(=O)NC1CCCC1NC(=O)c1sc2nccc3c2c1NC(=O)N3C(/C=C\C)=C/C=C\C. The van der Waals surface area contributed by atoms with Crippen LogP contribution in [0.4, 0.5) is 16.2 Å². The summed E-state index contributed by atoms with van der Waals surface area (Å²) in [6, 6.07) is 1.09. The quantitative estimate of drug-likeness (QED) is 0.399. The largest absolute Gasteiger partial charge is 0.348 e. The van der Waals surface area contributed by atoms with E-state index in [-0.39, 0.29) is 29.9 Å². The summed E-state index contributed by atoms with van der Waals surface area (Å²) in [5.41, 5.74) is 1.84. The number of hydrogen-bond donors (Lipinski definition) is 3. The monoisotopic (exact) mass is 477 g/mol. The molecular formula is C25H27N5O3S. The second-order valence-corrected chi connectivity index (χ2v) is 9.03. The number of hydrogen-bond acceptors (Lipinski definition) is 5. The number of urea groups is 1. The molecule has 2 atom stereocenters. The lowest BCUT2D eigenvalue weighted by atomic mass is 10.1. The lowest BCUT2D eigenvalue weighted by Gasteiger charge is -2.29. The molecule has 3 N–H and O–H groups in total. The van der Waals surface area contributed by atoms with Gasteiger partial charge in [-0.3, -0.25) is 14.5 Å². The van der Waals surface area contributed by atoms with E-state index >= 15 is 0 Å². The Balaban J connectivity index is 1.69. The van der Waals surface area contributed by atoms with Crippen molar-refractivity contribution in [3.8, 4) is 0 Å². The van der Waals surface area contributed by atoms with E-state index in [9.17, 15) is 14.4 Å². The van der Waals surface area contributed by atoms with Gasteiger partial charge in [0.2, 0.25) is 5.91 Å². The first-order chi connectivity index (χ1) is 16.5. The number of nitrogens with one attached hydrogen (secondary N) is 3. The molecule has 1 aliphatic heterocycles. The molecule has 4 rings (SSSR count). The third-order valence-corrected chi connectivity index (χ3v) is 6.95. The smallest absolute Gasteiger partial charge is 0.331 e. The molecule has 1 saturated carbocycles. The molecule has 4 amide bonds. The van der Waals surface area contributed by atoms with E-state index < -0.39 is 0 Å². The number of nitrogens with zero attached hydrogens (tertiary/aromatic N) is 2. The van der Waals surface area contributed by atoms with Gasteiger partial charge in [-0.15, -0.1) is 11.3 Å². The minimum absolute atomic E-state index is 0.154. The van der Waals surface area contributed by atoms with Crippen molar-refractivity contribution in [1.29, 1.82) is 0 Å². The standard InChI is InChI=1S/C25H27N5O3S/c1-4-7-10-15(9-5-2)30-18-13-14-26-24-20(18)21(29-25(30)33)22(34-24)23(32)28-17-12-8-11-16(17)27-19(31)6-3/h4-7,9-10,13-14,16-17H,3,8,11-12H2,1-2H3,(H,27,31)(H,28,32)(H,29,33)/b7-4-,9-5-,15-10+. The van der Waals surface area contributed by atoms with Crippen LogP contribution in [-0.2, 0) is 4.79 Å². The molecule has 3 heterocycles. The minimum atomic E-state index is -0.349. The molecule has 2 aliphatic rings. The molecule has 34 heavy (non-hydrogen) atoms. The highest BCUT2D eigenvalue weighted by atomic mass is 32.1. The van der Waals surface area contributed by atoms with Crippen LogP contribution in [0.3, 0.4) is 0 Å². The Labute approximate surface area is 202 Å². The van der Waals surface area contributed by atoms with Gasteiger partial charge in [-0.05, 0) is 57.4 Å². The first kappa shape index (κ1) is 23.4. The van der Waals surface area contributed by atoms with Crippen LogP contribution >= 0.6 is 11.3 Å². The van der Waals surface area contributed by atoms with Crippen molar-refractivity contribution in [2.45, 2.75) is 45.2 Å². The summed E-state index contributed by atoms with van der Waals surface area (Å²) in [5.74, 6) is -0.548. The number of anilines is 2. The molecule has 0 bridgehead atoms. The molecule has 1 aliphatic carbocycles. The van der Waals surface area contributed by atoms with Crippen molar-refractivity contribution >= 4 is 50.8 Å². The zero-order chi connectivity index (χ0) is 24.2. The molecule has 8 nitrogen and oxygen atoms in total. The summed E-state index contributed by atoms with van der Waals surface area (Å²) >= 11 is 1.24. The third kappa shape index (κ3) is 4.38. The number of carbonyl (C=O) groups excluding carboxylic acids is 3. The van der Waals surface area contributed by atoms with Gasteiger partial charge in [-0.2, -0.15) is 0 Å². The van der Waals surface area contributed by atoms with E-state index in [0.29, 0.717) is 26.8 Å². The Hall–Kier alpha value is -3.72. The van der Waals surface area contributed by atoms with Crippen LogP contribution in [0.25, 0.3) is 10.2 Å². The van der Waals surface area contributed by atoms with Gasteiger partial charge in [-0.1, -0.05) is 24.8 Å². The van der Waals surface area contributed by atoms with Crippen LogP contribution in [0.1, 0.15) is 42.8 Å². The summed E-state index contributed by atoms with van der Waals surface area (Å²) in [6.45, 7) is 7.29. The Morgan fingerprint density at radius 2 is 2.00 bits per heavy atom. The number of rotatable bonds is 7. The Bertz CT molecular complexity index is 1240. The highest BCUT2D eigenvalue weighted by Crippen LogP contribution is 2.44. The first-order valence-electron chi connectivity index (χ1n) is 11.2. The fraction of sp³-hybridized carbons (Fsp3) is 0.280. The highest BCUT2D eigenvalue weighted by molar-refractivity contribution is 7.21. The number of pyridine rings is 1. The lowest BCUT2D eigenvalue weighted by Crippen LogP contribution is -2.48. The predicted octanol–water partition coefficient (Wildman–Crippen LogP) is 4.64. The normalized spacial score (nSPS) is 20.2. The number of carbonyl (C=O) groups is 3. The summed E-state index contributed by atoms with van der Waals surface area (Å²) in [5, 5.41) is 9.58. The molecule has 2 unspecified atom stereocenters. The molecule has 0 radical (unpaired) electrons. The number of amides is 4. The Morgan fingerprint density at radius 3 is 2.71 bits per heavy atom. The van der Waals surface area contributed by atoms with Gasteiger partial charge >= 0.3 is 6.03 Å². The van der Waals surface area contributed by atoms with E-state index in [2.05, 4.69) is 27.5 Å². The molecule has 2 aromatic heterocycles. The second-order valence-electron chi connectivity index (χ2n) is 8.03. The van der Waals surface area contributed by atoms with Crippen molar-refractivity contribution < 1.29 is 14.4 Å². The fourth-order valence-corrected chi connectivity index (χ4v) is 5.37. The van der Waals surface area contributed by atoms with E-state index in [1.54, 1.807) is 17.2 Å². The molecule has 0 saturated heterocycles. The molecule has 176 valence electrons. The second kappa shape index (κ2) is 10.0. The lowest BCUT2D eigenvalue weighted by molar-refractivity contribution is -0.117. The van der Waals surface area contributed by atoms with Crippen molar-refractivity contribution in [2.24, 2.45) is 0 Å².